The molecule has 0 radical (unpaired) electrons. The van der Waals surface area contributed by atoms with Crippen LogP contribution in [0.4, 0.5) is 11.4 Å². The van der Waals surface area contributed by atoms with Crippen LogP contribution in [0.2, 0.25) is 0 Å². The van der Waals surface area contributed by atoms with Crippen LogP contribution < -0.4 is 5.32 Å². The van der Waals surface area contributed by atoms with Gasteiger partial charge in [-0.3, -0.25) is 14.9 Å². The molecule has 8 nitrogen and oxygen atoms in total. The Morgan fingerprint density at radius 3 is 2.84 bits per heavy atom. The Labute approximate surface area is 147 Å². The number of non-ortho nitro benzene ring substituents is 1. The second-order valence-electron chi connectivity index (χ2n) is 5.00. The number of carbonyl (C=O) groups is 2. The SMILES string of the molecule is Cc1nc(/C=C/C(=O)OC(C)C(=O)Nc2cccc([N+](=O)[O-])c2)cs1. The number of anilines is 1. The minimum atomic E-state index is -1.06. The van der Waals surface area contributed by atoms with Crippen molar-refractivity contribution in [3.05, 3.63) is 56.5 Å². The van der Waals surface area contributed by atoms with Crippen molar-refractivity contribution in [1.29, 1.82) is 0 Å². The van der Waals surface area contributed by atoms with Crippen LogP contribution >= 0.6 is 11.3 Å². The van der Waals surface area contributed by atoms with Gasteiger partial charge in [-0.05, 0) is 26.0 Å². The van der Waals surface area contributed by atoms with Crippen molar-refractivity contribution < 1.29 is 19.2 Å². The maximum Gasteiger partial charge on any atom is 0.331 e. The van der Waals surface area contributed by atoms with E-state index in [1.165, 1.54) is 54.7 Å². The van der Waals surface area contributed by atoms with Crippen LogP contribution in [0.1, 0.15) is 17.6 Å². The molecule has 1 aromatic carbocycles. The Hall–Kier alpha value is -3.07. The van der Waals surface area contributed by atoms with Crippen LogP contribution in [0.25, 0.3) is 6.08 Å². The summed E-state index contributed by atoms with van der Waals surface area (Å²) in [5, 5.41) is 15.8. The number of nitrogens with one attached hydrogen (secondary N) is 1. The molecule has 0 bridgehead atoms. The first-order valence-corrected chi connectivity index (χ1v) is 8.09. The molecular weight excluding hydrogens is 346 g/mol. The van der Waals surface area contributed by atoms with Crippen molar-refractivity contribution in [2.24, 2.45) is 0 Å². The highest BCUT2D eigenvalue weighted by atomic mass is 32.1. The molecule has 0 saturated carbocycles. The molecule has 0 aliphatic rings. The van der Waals surface area contributed by atoms with E-state index in [9.17, 15) is 19.7 Å². The minimum Gasteiger partial charge on any atom is -0.449 e. The third-order valence-electron chi connectivity index (χ3n) is 3.01. The molecule has 0 fully saturated rings. The van der Waals surface area contributed by atoms with Crippen molar-refractivity contribution in [2.75, 3.05) is 5.32 Å². The van der Waals surface area contributed by atoms with E-state index in [1.54, 1.807) is 5.38 Å². The van der Waals surface area contributed by atoms with Crippen molar-refractivity contribution >= 4 is 40.7 Å². The minimum absolute atomic E-state index is 0.149. The van der Waals surface area contributed by atoms with Gasteiger partial charge in [0.1, 0.15) is 0 Å². The fourth-order valence-electron chi connectivity index (χ4n) is 1.82. The van der Waals surface area contributed by atoms with Gasteiger partial charge in [0.2, 0.25) is 0 Å². The van der Waals surface area contributed by atoms with Gasteiger partial charge in [0.25, 0.3) is 11.6 Å². The summed E-state index contributed by atoms with van der Waals surface area (Å²) in [5.74, 6) is -1.28. The number of nitrogens with zero attached hydrogens (tertiary/aromatic N) is 2. The van der Waals surface area contributed by atoms with E-state index in [-0.39, 0.29) is 11.4 Å². The summed E-state index contributed by atoms with van der Waals surface area (Å²) in [6.45, 7) is 3.26. The summed E-state index contributed by atoms with van der Waals surface area (Å²) in [6, 6.07) is 5.48. The smallest absolute Gasteiger partial charge is 0.331 e. The van der Waals surface area contributed by atoms with Gasteiger partial charge < -0.3 is 10.1 Å². The molecule has 130 valence electrons. The number of amides is 1. The normalized spacial score (nSPS) is 11.9. The fourth-order valence-corrected chi connectivity index (χ4v) is 2.40. The molecule has 1 unspecified atom stereocenters. The lowest BCUT2D eigenvalue weighted by atomic mass is 10.2. The number of aryl methyl sites for hydroxylation is 1. The molecule has 0 spiro atoms. The lowest BCUT2D eigenvalue weighted by Crippen LogP contribution is -2.29. The maximum absolute atomic E-state index is 12.0. The highest BCUT2D eigenvalue weighted by Crippen LogP contribution is 2.17. The van der Waals surface area contributed by atoms with E-state index >= 15 is 0 Å². The highest BCUT2D eigenvalue weighted by Gasteiger charge is 2.17. The zero-order chi connectivity index (χ0) is 18.4. The largest absolute Gasteiger partial charge is 0.449 e. The van der Waals surface area contributed by atoms with Crippen LogP contribution in [0.3, 0.4) is 0 Å². The number of nitro groups is 1. The predicted molar refractivity (Wildman–Crippen MR) is 93.2 cm³/mol. The number of hydrogen-bond donors (Lipinski definition) is 1. The molecular formula is C16H15N3O5S. The summed E-state index contributed by atoms with van der Waals surface area (Å²) in [4.78, 5) is 38.1. The first-order chi connectivity index (χ1) is 11.8. The molecule has 1 N–H and O–H groups in total. The second kappa shape index (κ2) is 8.15. The van der Waals surface area contributed by atoms with Gasteiger partial charge in [-0.15, -0.1) is 11.3 Å². The molecule has 9 heteroatoms. The Balaban J connectivity index is 1.91. The van der Waals surface area contributed by atoms with Crippen molar-refractivity contribution in [3.8, 4) is 0 Å². The molecule has 0 aliphatic heterocycles. The van der Waals surface area contributed by atoms with Gasteiger partial charge in [-0.25, -0.2) is 9.78 Å². The van der Waals surface area contributed by atoms with Crippen molar-refractivity contribution in [2.45, 2.75) is 20.0 Å². The zero-order valence-corrected chi connectivity index (χ0v) is 14.3. The van der Waals surface area contributed by atoms with E-state index in [0.29, 0.717) is 5.69 Å². The summed E-state index contributed by atoms with van der Waals surface area (Å²) in [7, 11) is 0. The first kappa shape index (κ1) is 18.3. The van der Waals surface area contributed by atoms with E-state index in [2.05, 4.69) is 10.3 Å². The average Bonchev–Trinajstić information content (AvgIpc) is 2.98. The third kappa shape index (κ3) is 5.50. The molecule has 2 aromatic rings. The molecule has 1 aromatic heterocycles. The van der Waals surface area contributed by atoms with Gasteiger partial charge in [0.05, 0.1) is 15.6 Å². The zero-order valence-electron chi connectivity index (χ0n) is 13.5. The third-order valence-corrected chi connectivity index (χ3v) is 3.81. The summed E-state index contributed by atoms with van der Waals surface area (Å²) in [6.07, 6.45) is 1.62. The molecule has 1 heterocycles. The summed E-state index contributed by atoms with van der Waals surface area (Å²) >= 11 is 1.45. The number of ether oxygens (including phenoxy) is 1. The van der Waals surface area contributed by atoms with Gasteiger partial charge in [-0.1, -0.05) is 6.07 Å². The standard InChI is InChI=1S/C16H15N3O5S/c1-10(24-15(20)7-6-13-9-25-11(2)17-13)16(21)18-12-4-3-5-14(8-12)19(22)23/h3-10H,1-2H3,(H,18,21)/b7-6+. The number of nitro benzene ring substituents is 1. The lowest BCUT2D eigenvalue weighted by molar-refractivity contribution is -0.384. The van der Waals surface area contributed by atoms with E-state index in [1.807, 2.05) is 6.92 Å². The number of benzene rings is 1. The second-order valence-corrected chi connectivity index (χ2v) is 6.06. The van der Waals surface area contributed by atoms with Gasteiger partial charge in [0.15, 0.2) is 6.10 Å². The Morgan fingerprint density at radius 1 is 1.44 bits per heavy atom. The number of esters is 1. The Bertz CT molecular complexity index is 831. The van der Waals surface area contributed by atoms with Gasteiger partial charge in [0, 0.05) is 29.3 Å². The van der Waals surface area contributed by atoms with Crippen LogP contribution in [0.5, 0.6) is 0 Å². The molecule has 2 rings (SSSR count). The maximum atomic E-state index is 12.0. The summed E-state index contributed by atoms with van der Waals surface area (Å²) < 4.78 is 4.99. The number of carbonyl (C=O) groups excluding carboxylic acids is 2. The number of hydrogen-bond acceptors (Lipinski definition) is 7. The van der Waals surface area contributed by atoms with Crippen molar-refractivity contribution in [1.82, 2.24) is 4.98 Å². The Morgan fingerprint density at radius 2 is 2.20 bits per heavy atom. The van der Waals surface area contributed by atoms with Crippen LogP contribution in [-0.4, -0.2) is 27.9 Å². The average molecular weight is 361 g/mol. The van der Waals surface area contributed by atoms with Crippen LogP contribution in [-0.2, 0) is 14.3 Å². The van der Waals surface area contributed by atoms with E-state index in [0.717, 1.165) is 5.01 Å². The Kier molecular flexibility index (Phi) is 5.96. The molecule has 0 aliphatic carbocycles. The molecule has 1 amide bonds. The van der Waals surface area contributed by atoms with Crippen LogP contribution in [0, 0.1) is 17.0 Å². The lowest BCUT2D eigenvalue weighted by Gasteiger charge is -2.12. The van der Waals surface area contributed by atoms with Gasteiger partial charge in [-0.2, -0.15) is 0 Å². The predicted octanol–water partition coefficient (Wildman–Crippen LogP) is 2.94. The van der Waals surface area contributed by atoms with E-state index < -0.39 is 22.9 Å². The quantitative estimate of drug-likeness (QED) is 0.366. The first-order valence-electron chi connectivity index (χ1n) is 7.21. The number of aromatic nitrogens is 1. The van der Waals surface area contributed by atoms with Crippen LogP contribution in [0.15, 0.2) is 35.7 Å². The number of rotatable bonds is 6. The van der Waals surface area contributed by atoms with E-state index in [4.69, 9.17) is 4.74 Å². The van der Waals surface area contributed by atoms with Gasteiger partial charge >= 0.3 is 5.97 Å². The molecule has 0 saturated heterocycles. The van der Waals surface area contributed by atoms with Crippen molar-refractivity contribution in [3.63, 3.8) is 0 Å². The monoisotopic (exact) mass is 361 g/mol. The molecule has 1 atom stereocenters. The topological polar surface area (TPSA) is 111 Å². The number of thiazole rings is 1. The summed E-state index contributed by atoms with van der Waals surface area (Å²) in [5.41, 5.74) is 0.729. The highest BCUT2D eigenvalue weighted by molar-refractivity contribution is 7.09. The fraction of sp³-hybridized carbons (Fsp3) is 0.188. The molecule has 25 heavy (non-hydrogen) atoms.